The van der Waals surface area contributed by atoms with E-state index in [-0.39, 0.29) is 17.5 Å². The Morgan fingerprint density at radius 2 is 1.97 bits per heavy atom. The number of hydrogen-bond acceptors (Lipinski definition) is 7. The second kappa shape index (κ2) is 9.26. The molecule has 1 saturated heterocycles. The standard InChI is InChI=1S/C25H27FN6O2/c1-25-22(12-20(15-30-25)32-7-9-34-10-8-32)21(16-31-25)18-13-28-23(29-14-18)24(33)27-6-5-17-3-2-4-19(26)11-17/h2-4,11-16,30-31H,5-10H2,1H3,(H,27,33). The van der Waals surface area contributed by atoms with Crippen molar-refractivity contribution < 1.29 is 13.9 Å². The smallest absolute Gasteiger partial charge is 0.289 e. The summed E-state index contributed by atoms with van der Waals surface area (Å²) in [6.45, 7) is 5.60. The maximum atomic E-state index is 13.3. The molecule has 3 N–H and O–H groups in total. The van der Waals surface area contributed by atoms with Crippen LogP contribution in [0.5, 0.6) is 0 Å². The van der Waals surface area contributed by atoms with Crippen molar-refractivity contribution in [1.82, 2.24) is 30.8 Å². The van der Waals surface area contributed by atoms with Crippen molar-refractivity contribution in [3.05, 3.63) is 89.2 Å². The summed E-state index contributed by atoms with van der Waals surface area (Å²) in [5.41, 5.74) is 4.40. The lowest BCUT2D eigenvalue weighted by Crippen LogP contribution is -2.51. The molecule has 0 aliphatic carbocycles. The fraction of sp³-hybridized carbons (Fsp3) is 0.320. The van der Waals surface area contributed by atoms with Gasteiger partial charge in [0.2, 0.25) is 5.82 Å². The first-order chi connectivity index (χ1) is 16.5. The van der Waals surface area contributed by atoms with Crippen LogP contribution in [0.3, 0.4) is 0 Å². The second-order valence-corrected chi connectivity index (χ2v) is 8.63. The molecule has 4 heterocycles. The number of ether oxygens (including phenoxy) is 1. The first-order valence-corrected chi connectivity index (χ1v) is 11.4. The number of amides is 1. The summed E-state index contributed by atoms with van der Waals surface area (Å²) in [6.07, 6.45) is 10.0. The average molecular weight is 463 g/mol. The van der Waals surface area contributed by atoms with Gasteiger partial charge in [-0.15, -0.1) is 0 Å². The SMILES string of the molecule is CC12NC=C(c3cnc(C(=O)NCCc4cccc(F)c4)nc3)C1=CC(N1CCOCC1)=CN2. The number of rotatable bonds is 6. The number of fused-ring (bicyclic) bond motifs is 1. The van der Waals surface area contributed by atoms with Gasteiger partial charge in [0.05, 0.1) is 18.9 Å². The summed E-state index contributed by atoms with van der Waals surface area (Å²) in [5.74, 6) is -0.547. The minimum absolute atomic E-state index is 0.0990. The van der Waals surface area contributed by atoms with Gasteiger partial charge < -0.3 is 25.6 Å². The molecule has 1 aromatic carbocycles. The third-order valence-corrected chi connectivity index (χ3v) is 6.27. The molecule has 34 heavy (non-hydrogen) atoms. The number of morpholine rings is 1. The van der Waals surface area contributed by atoms with Crippen LogP contribution in [0.1, 0.15) is 28.7 Å². The van der Waals surface area contributed by atoms with E-state index in [1.165, 1.54) is 12.1 Å². The van der Waals surface area contributed by atoms with Gasteiger partial charge in [-0.3, -0.25) is 4.79 Å². The normalized spacial score (nSPS) is 21.5. The lowest BCUT2D eigenvalue weighted by atomic mass is 9.91. The van der Waals surface area contributed by atoms with Crippen LogP contribution in [0.25, 0.3) is 5.57 Å². The van der Waals surface area contributed by atoms with Gasteiger partial charge in [0.1, 0.15) is 11.5 Å². The third kappa shape index (κ3) is 4.51. The van der Waals surface area contributed by atoms with Gasteiger partial charge in [-0.2, -0.15) is 0 Å². The van der Waals surface area contributed by atoms with Crippen molar-refractivity contribution >= 4 is 11.5 Å². The molecular formula is C25H27FN6O2. The Balaban J connectivity index is 1.25. The van der Waals surface area contributed by atoms with E-state index in [0.29, 0.717) is 13.0 Å². The number of halogens is 1. The Bertz CT molecular complexity index is 1170. The van der Waals surface area contributed by atoms with E-state index in [1.54, 1.807) is 18.5 Å². The number of aromatic nitrogens is 2. The Morgan fingerprint density at radius 3 is 2.74 bits per heavy atom. The fourth-order valence-electron chi connectivity index (χ4n) is 4.31. The molecule has 1 aromatic heterocycles. The first-order valence-electron chi connectivity index (χ1n) is 11.4. The second-order valence-electron chi connectivity index (χ2n) is 8.63. The van der Waals surface area contributed by atoms with E-state index in [1.807, 2.05) is 18.5 Å². The molecule has 3 aliphatic heterocycles. The van der Waals surface area contributed by atoms with Gasteiger partial charge in [-0.05, 0) is 37.1 Å². The largest absolute Gasteiger partial charge is 0.378 e. The Labute approximate surface area is 197 Å². The summed E-state index contributed by atoms with van der Waals surface area (Å²) in [4.78, 5) is 23.3. The van der Waals surface area contributed by atoms with Gasteiger partial charge in [0.15, 0.2) is 0 Å². The molecule has 2 aromatic rings. The molecule has 0 bridgehead atoms. The van der Waals surface area contributed by atoms with Crippen LogP contribution in [0.15, 0.2) is 66.4 Å². The lowest BCUT2D eigenvalue weighted by Gasteiger charge is -2.37. The number of hydrogen-bond donors (Lipinski definition) is 3. The predicted octanol–water partition coefficient (Wildman–Crippen LogP) is 1.95. The van der Waals surface area contributed by atoms with Crippen LogP contribution in [-0.2, 0) is 11.2 Å². The molecule has 0 saturated carbocycles. The summed E-state index contributed by atoms with van der Waals surface area (Å²) in [7, 11) is 0. The van der Waals surface area contributed by atoms with Crippen LogP contribution in [-0.4, -0.2) is 59.3 Å². The maximum absolute atomic E-state index is 13.3. The molecule has 3 aliphatic rings. The molecule has 0 radical (unpaired) electrons. The van der Waals surface area contributed by atoms with Crippen LogP contribution in [0.4, 0.5) is 4.39 Å². The quantitative estimate of drug-likeness (QED) is 0.605. The van der Waals surface area contributed by atoms with Crippen LogP contribution in [0, 0.1) is 5.82 Å². The minimum atomic E-state index is -0.419. The summed E-state index contributed by atoms with van der Waals surface area (Å²) < 4.78 is 18.8. The van der Waals surface area contributed by atoms with E-state index in [0.717, 1.165) is 54.3 Å². The molecule has 176 valence electrons. The van der Waals surface area contributed by atoms with E-state index in [2.05, 4.69) is 43.8 Å². The molecule has 8 nitrogen and oxygen atoms in total. The zero-order chi connectivity index (χ0) is 23.5. The predicted molar refractivity (Wildman–Crippen MR) is 126 cm³/mol. The van der Waals surface area contributed by atoms with Crippen molar-refractivity contribution in [3.63, 3.8) is 0 Å². The highest BCUT2D eigenvalue weighted by atomic mass is 19.1. The average Bonchev–Trinajstić information content (AvgIpc) is 3.21. The zero-order valence-electron chi connectivity index (χ0n) is 19.0. The van der Waals surface area contributed by atoms with Crippen molar-refractivity contribution in [2.75, 3.05) is 32.8 Å². The topological polar surface area (TPSA) is 91.4 Å². The van der Waals surface area contributed by atoms with Crippen molar-refractivity contribution in [2.24, 2.45) is 0 Å². The summed E-state index contributed by atoms with van der Waals surface area (Å²) in [5, 5.41) is 9.66. The van der Waals surface area contributed by atoms with Crippen molar-refractivity contribution in [2.45, 2.75) is 19.0 Å². The third-order valence-electron chi connectivity index (χ3n) is 6.27. The highest BCUT2D eigenvalue weighted by Crippen LogP contribution is 2.37. The maximum Gasteiger partial charge on any atom is 0.289 e. The Hall–Kier alpha value is -3.72. The Morgan fingerprint density at radius 1 is 1.21 bits per heavy atom. The number of nitrogens with zero attached hydrogens (tertiary/aromatic N) is 3. The highest BCUT2D eigenvalue weighted by Gasteiger charge is 2.37. The first kappa shape index (κ1) is 22.1. The monoisotopic (exact) mass is 462 g/mol. The number of carbonyl (C=O) groups is 1. The molecule has 5 rings (SSSR count). The van der Waals surface area contributed by atoms with Crippen LogP contribution >= 0.6 is 0 Å². The van der Waals surface area contributed by atoms with E-state index in [4.69, 9.17) is 4.74 Å². The summed E-state index contributed by atoms with van der Waals surface area (Å²) >= 11 is 0. The zero-order valence-corrected chi connectivity index (χ0v) is 19.0. The molecule has 0 spiro atoms. The van der Waals surface area contributed by atoms with E-state index in [9.17, 15) is 9.18 Å². The van der Waals surface area contributed by atoms with E-state index >= 15 is 0 Å². The number of nitrogens with one attached hydrogen (secondary N) is 3. The molecular weight excluding hydrogens is 435 g/mol. The molecule has 1 unspecified atom stereocenters. The van der Waals surface area contributed by atoms with Gasteiger partial charge in [0, 0.05) is 61.1 Å². The molecule has 1 fully saturated rings. The van der Waals surface area contributed by atoms with Crippen LogP contribution < -0.4 is 16.0 Å². The highest BCUT2D eigenvalue weighted by molar-refractivity contribution is 5.91. The van der Waals surface area contributed by atoms with Gasteiger partial charge >= 0.3 is 0 Å². The number of carbonyl (C=O) groups excluding carboxylic acids is 1. The van der Waals surface area contributed by atoms with Gasteiger partial charge in [-0.25, -0.2) is 14.4 Å². The number of allylic oxidation sites excluding steroid dienone is 1. The molecule has 9 heteroatoms. The van der Waals surface area contributed by atoms with Crippen molar-refractivity contribution in [1.29, 1.82) is 0 Å². The number of benzene rings is 1. The number of dihydropyridines is 1. The lowest BCUT2D eigenvalue weighted by molar-refractivity contribution is 0.0547. The fourth-order valence-corrected chi connectivity index (χ4v) is 4.31. The molecule has 1 amide bonds. The van der Waals surface area contributed by atoms with Crippen molar-refractivity contribution in [3.8, 4) is 0 Å². The molecule has 1 atom stereocenters. The Kier molecular flexibility index (Phi) is 6.02. The van der Waals surface area contributed by atoms with E-state index < -0.39 is 5.66 Å². The van der Waals surface area contributed by atoms with Crippen LogP contribution in [0.2, 0.25) is 0 Å². The minimum Gasteiger partial charge on any atom is -0.378 e. The van der Waals surface area contributed by atoms with Gasteiger partial charge in [0.25, 0.3) is 5.91 Å². The van der Waals surface area contributed by atoms with Gasteiger partial charge in [-0.1, -0.05) is 12.1 Å². The summed E-state index contributed by atoms with van der Waals surface area (Å²) in [6, 6.07) is 6.34.